The fourth-order valence-corrected chi connectivity index (χ4v) is 2.37. The lowest BCUT2D eigenvalue weighted by atomic mass is 9.87. The van der Waals surface area contributed by atoms with Gasteiger partial charge in [0.05, 0.1) is 6.54 Å². The molecule has 0 aliphatic heterocycles. The molecule has 17 heavy (non-hydrogen) atoms. The summed E-state index contributed by atoms with van der Waals surface area (Å²) in [5.74, 6) is 2.29. The zero-order chi connectivity index (χ0) is 12.1. The predicted molar refractivity (Wildman–Crippen MR) is 66.6 cm³/mol. The molecule has 96 valence electrons. The number of nitrogens with zero attached hydrogens (tertiary/aromatic N) is 2. The highest BCUT2D eigenvalue weighted by atomic mass is 16.4. The third kappa shape index (κ3) is 4.11. The molecule has 0 atom stereocenters. The fourth-order valence-electron chi connectivity index (χ4n) is 2.37. The van der Waals surface area contributed by atoms with Crippen LogP contribution < -0.4 is 5.32 Å². The highest BCUT2D eigenvalue weighted by Gasteiger charge is 2.17. The summed E-state index contributed by atoms with van der Waals surface area (Å²) in [6, 6.07) is 0.448. The second kappa shape index (κ2) is 6.15. The van der Waals surface area contributed by atoms with E-state index in [-0.39, 0.29) is 0 Å². The number of nitrogens with one attached hydrogen (secondary N) is 1. The van der Waals surface area contributed by atoms with Crippen LogP contribution in [0.3, 0.4) is 0 Å². The van der Waals surface area contributed by atoms with Gasteiger partial charge in [-0.05, 0) is 18.8 Å². The molecular weight excluding hydrogens is 214 g/mol. The molecule has 1 N–H and O–H groups in total. The molecule has 0 aromatic carbocycles. The van der Waals surface area contributed by atoms with Crippen LogP contribution in [0.15, 0.2) is 4.42 Å². The van der Waals surface area contributed by atoms with Crippen molar-refractivity contribution < 1.29 is 4.42 Å². The van der Waals surface area contributed by atoms with E-state index in [1.54, 1.807) is 0 Å². The van der Waals surface area contributed by atoms with E-state index in [0.717, 1.165) is 18.2 Å². The van der Waals surface area contributed by atoms with Gasteiger partial charge in [0.2, 0.25) is 11.8 Å². The molecule has 0 unspecified atom stereocenters. The van der Waals surface area contributed by atoms with Crippen molar-refractivity contribution in [2.24, 2.45) is 5.92 Å². The Balaban J connectivity index is 1.80. The van der Waals surface area contributed by atoms with Crippen molar-refractivity contribution in [3.63, 3.8) is 0 Å². The van der Waals surface area contributed by atoms with E-state index in [0.29, 0.717) is 18.5 Å². The van der Waals surface area contributed by atoms with Gasteiger partial charge >= 0.3 is 0 Å². The molecule has 1 aliphatic carbocycles. The summed E-state index contributed by atoms with van der Waals surface area (Å²) < 4.78 is 5.65. The molecule has 1 aromatic rings. The lowest BCUT2D eigenvalue weighted by Crippen LogP contribution is -2.21. The minimum absolute atomic E-state index is 0.448. The Kier molecular flexibility index (Phi) is 4.54. The third-order valence-electron chi connectivity index (χ3n) is 3.36. The first-order valence-electron chi connectivity index (χ1n) is 6.78. The smallest absolute Gasteiger partial charge is 0.230 e. The van der Waals surface area contributed by atoms with Gasteiger partial charge < -0.3 is 9.73 Å². The van der Waals surface area contributed by atoms with Gasteiger partial charge in [-0.3, -0.25) is 0 Å². The van der Waals surface area contributed by atoms with Gasteiger partial charge in [-0.2, -0.15) is 0 Å². The lowest BCUT2D eigenvalue weighted by Gasteiger charge is -2.19. The first-order valence-corrected chi connectivity index (χ1v) is 6.78. The number of hydrogen-bond acceptors (Lipinski definition) is 4. The molecule has 4 heteroatoms. The van der Waals surface area contributed by atoms with Crippen LogP contribution >= 0.6 is 0 Å². The van der Waals surface area contributed by atoms with Crippen molar-refractivity contribution in [1.29, 1.82) is 0 Å². The molecule has 0 radical (unpaired) electrons. The molecule has 0 amide bonds. The number of hydrogen-bond donors (Lipinski definition) is 1. The zero-order valence-electron chi connectivity index (χ0n) is 10.9. The van der Waals surface area contributed by atoms with Crippen LogP contribution in [0.2, 0.25) is 0 Å². The number of aromatic nitrogens is 2. The second-order valence-electron chi connectivity index (χ2n) is 5.33. The third-order valence-corrected chi connectivity index (χ3v) is 3.36. The molecule has 0 spiro atoms. The Morgan fingerprint density at radius 1 is 1.18 bits per heavy atom. The van der Waals surface area contributed by atoms with Crippen molar-refractivity contribution in [3.8, 4) is 0 Å². The summed E-state index contributed by atoms with van der Waals surface area (Å²) in [5, 5.41) is 11.5. The van der Waals surface area contributed by atoms with Gasteiger partial charge in [0.15, 0.2) is 0 Å². The summed E-state index contributed by atoms with van der Waals surface area (Å²) in [6.07, 6.45) is 7.73. The van der Waals surface area contributed by atoms with Crippen molar-refractivity contribution in [2.45, 2.75) is 65.0 Å². The van der Waals surface area contributed by atoms with Crippen molar-refractivity contribution in [2.75, 3.05) is 0 Å². The molecular formula is C13H23N3O. The van der Waals surface area contributed by atoms with Crippen LogP contribution in [0.4, 0.5) is 0 Å². The average molecular weight is 237 g/mol. The van der Waals surface area contributed by atoms with E-state index in [1.807, 2.05) is 0 Å². The standard InChI is InChI=1S/C13H23N3O/c1-10(2)14-9-13-16-15-12(17-13)8-11-6-4-3-5-7-11/h10-11,14H,3-9H2,1-2H3. The van der Waals surface area contributed by atoms with Crippen LogP contribution in [0, 0.1) is 5.92 Å². The minimum Gasteiger partial charge on any atom is -0.424 e. The van der Waals surface area contributed by atoms with E-state index in [2.05, 4.69) is 29.4 Å². The van der Waals surface area contributed by atoms with Gasteiger partial charge in [0.25, 0.3) is 0 Å². The Bertz CT molecular complexity index is 329. The quantitative estimate of drug-likeness (QED) is 0.855. The number of rotatable bonds is 5. The molecule has 1 fully saturated rings. The van der Waals surface area contributed by atoms with Crippen LogP contribution in [0.1, 0.15) is 57.7 Å². The molecule has 1 heterocycles. The maximum atomic E-state index is 5.65. The highest BCUT2D eigenvalue weighted by molar-refractivity contribution is 4.85. The van der Waals surface area contributed by atoms with Gasteiger partial charge in [-0.1, -0.05) is 33.1 Å². The van der Waals surface area contributed by atoms with Crippen LogP contribution in [0.5, 0.6) is 0 Å². The summed E-state index contributed by atoms with van der Waals surface area (Å²) in [5.41, 5.74) is 0. The van der Waals surface area contributed by atoms with Crippen molar-refractivity contribution in [3.05, 3.63) is 11.8 Å². The van der Waals surface area contributed by atoms with Crippen LogP contribution in [0.25, 0.3) is 0 Å². The molecule has 4 nitrogen and oxygen atoms in total. The van der Waals surface area contributed by atoms with Crippen LogP contribution in [-0.2, 0) is 13.0 Å². The topological polar surface area (TPSA) is 51.0 Å². The maximum Gasteiger partial charge on any atom is 0.230 e. The van der Waals surface area contributed by atoms with E-state index in [1.165, 1.54) is 32.1 Å². The maximum absolute atomic E-state index is 5.65. The van der Waals surface area contributed by atoms with Gasteiger partial charge in [0.1, 0.15) is 0 Å². The van der Waals surface area contributed by atoms with Gasteiger partial charge in [0, 0.05) is 12.5 Å². The highest BCUT2D eigenvalue weighted by Crippen LogP contribution is 2.26. The van der Waals surface area contributed by atoms with E-state index < -0.39 is 0 Å². The first-order chi connectivity index (χ1) is 8.24. The molecule has 1 saturated carbocycles. The minimum atomic E-state index is 0.448. The normalized spacial score (nSPS) is 17.8. The predicted octanol–water partition coefficient (Wildman–Crippen LogP) is 2.69. The largest absolute Gasteiger partial charge is 0.424 e. The molecule has 1 aliphatic rings. The monoisotopic (exact) mass is 237 g/mol. The van der Waals surface area contributed by atoms with E-state index in [9.17, 15) is 0 Å². The van der Waals surface area contributed by atoms with Crippen molar-refractivity contribution >= 4 is 0 Å². The van der Waals surface area contributed by atoms with Crippen molar-refractivity contribution in [1.82, 2.24) is 15.5 Å². The molecule has 1 aromatic heterocycles. The summed E-state index contributed by atoms with van der Waals surface area (Å²) in [7, 11) is 0. The molecule has 2 rings (SSSR count). The summed E-state index contributed by atoms with van der Waals surface area (Å²) in [4.78, 5) is 0. The molecule has 0 saturated heterocycles. The van der Waals surface area contributed by atoms with E-state index in [4.69, 9.17) is 4.42 Å². The van der Waals surface area contributed by atoms with E-state index >= 15 is 0 Å². The fraction of sp³-hybridized carbons (Fsp3) is 0.846. The first kappa shape index (κ1) is 12.6. The SMILES string of the molecule is CC(C)NCc1nnc(CC2CCCCC2)o1. The Labute approximate surface area is 103 Å². The Morgan fingerprint density at radius 3 is 2.59 bits per heavy atom. The Morgan fingerprint density at radius 2 is 1.88 bits per heavy atom. The Hall–Kier alpha value is -0.900. The second-order valence-corrected chi connectivity index (χ2v) is 5.33. The van der Waals surface area contributed by atoms with Crippen LogP contribution in [-0.4, -0.2) is 16.2 Å². The molecule has 0 bridgehead atoms. The summed E-state index contributed by atoms with van der Waals surface area (Å²) >= 11 is 0. The lowest BCUT2D eigenvalue weighted by molar-refractivity contribution is 0.322. The van der Waals surface area contributed by atoms with Gasteiger partial charge in [-0.15, -0.1) is 10.2 Å². The summed E-state index contributed by atoms with van der Waals surface area (Å²) in [6.45, 7) is 4.90. The van der Waals surface area contributed by atoms with Gasteiger partial charge in [-0.25, -0.2) is 0 Å². The average Bonchev–Trinajstić information content (AvgIpc) is 2.75. The zero-order valence-corrected chi connectivity index (χ0v) is 10.9.